The van der Waals surface area contributed by atoms with Crippen LogP contribution in [0.15, 0.2) is 23.6 Å². The molecule has 3 nitrogen and oxygen atoms in total. The monoisotopic (exact) mass is 304 g/mol. The predicted molar refractivity (Wildman–Crippen MR) is 89.2 cm³/mol. The summed E-state index contributed by atoms with van der Waals surface area (Å²) in [5.74, 6) is 1.41. The fourth-order valence-corrected chi connectivity index (χ4v) is 2.90. The summed E-state index contributed by atoms with van der Waals surface area (Å²) >= 11 is 1.71. The van der Waals surface area contributed by atoms with Crippen molar-refractivity contribution in [3.05, 3.63) is 45.4 Å². The van der Waals surface area contributed by atoms with Crippen LogP contribution in [0.25, 0.3) is 0 Å². The lowest BCUT2D eigenvalue weighted by Crippen LogP contribution is -2.12. The molecule has 1 atom stereocenters. The first-order valence-electron chi connectivity index (χ1n) is 7.36. The van der Waals surface area contributed by atoms with Crippen molar-refractivity contribution in [2.45, 2.75) is 46.3 Å². The summed E-state index contributed by atoms with van der Waals surface area (Å²) in [6.07, 6.45) is 0. The van der Waals surface area contributed by atoms with E-state index in [1.807, 2.05) is 13.1 Å². The fourth-order valence-electron chi connectivity index (χ4n) is 2.08. The Morgan fingerprint density at radius 2 is 2.05 bits per heavy atom. The first-order valence-corrected chi connectivity index (χ1v) is 8.24. The third-order valence-corrected chi connectivity index (χ3v) is 4.77. The first kappa shape index (κ1) is 16.0. The zero-order valence-corrected chi connectivity index (χ0v) is 14.3. The lowest BCUT2D eigenvalue weighted by Gasteiger charge is -2.14. The van der Waals surface area contributed by atoms with Gasteiger partial charge in [0.2, 0.25) is 0 Å². The Labute approximate surface area is 131 Å². The normalized spacial score (nSPS) is 12.7. The number of nitrogens with one attached hydrogen (secondary N) is 1. The second-order valence-electron chi connectivity index (χ2n) is 5.66. The van der Waals surface area contributed by atoms with E-state index in [4.69, 9.17) is 4.74 Å². The van der Waals surface area contributed by atoms with Crippen LogP contribution >= 0.6 is 11.3 Å². The largest absolute Gasteiger partial charge is 0.487 e. The zero-order valence-electron chi connectivity index (χ0n) is 13.4. The molecular formula is C17H24N2OS. The smallest absolute Gasteiger partial charge is 0.131 e. The molecule has 114 valence electrons. The standard InChI is InChI=1S/C17H24N2OS/c1-11(2)17-19-15(10-21-17)9-20-16-7-6-14(8-12(16)3)13(4)18-5/h6-8,10-11,13,18H,9H2,1-5H3. The summed E-state index contributed by atoms with van der Waals surface area (Å²) in [6, 6.07) is 6.69. The van der Waals surface area contributed by atoms with Crippen molar-refractivity contribution in [1.29, 1.82) is 0 Å². The van der Waals surface area contributed by atoms with Gasteiger partial charge in [0.15, 0.2) is 0 Å². The summed E-state index contributed by atoms with van der Waals surface area (Å²) in [7, 11) is 1.97. The molecule has 2 aromatic rings. The van der Waals surface area contributed by atoms with E-state index in [0.29, 0.717) is 18.6 Å². The minimum absolute atomic E-state index is 0.352. The molecule has 0 aliphatic carbocycles. The van der Waals surface area contributed by atoms with Gasteiger partial charge in [0, 0.05) is 17.3 Å². The average molecular weight is 304 g/mol. The Bertz CT molecular complexity index is 592. The van der Waals surface area contributed by atoms with Gasteiger partial charge in [-0.3, -0.25) is 0 Å². The molecule has 0 aliphatic heterocycles. The number of aromatic nitrogens is 1. The molecule has 0 amide bonds. The van der Waals surface area contributed by atoms with Crippen molar-refractivity contribution in [2.24, 2.45) is 0 Å². The van der Waals surface area contributed by atoms with Gasteiger partial charge in [-0.1, -0.05) is 26.0 Å². The van der Waals surface area contributed by atoms with Crippen molar-refractivity contribution in [2.75, 3.05) is 7.05 Å². The number of ether oxygens (including phenoxy) is 1. The summed E-state index contributed by atoms with van der Waals surface area (Å²) in [4.78, 5) is 4.60. The van der Waals surface area contributed by atoms with Crippen molar-refractivity contribution in [1.82, 2.24) is 10.3 Å². The van der Waals surface area contributed by atoms with Crippen LogP contribution in [-0.2, 0) is 6.61 Å². The quantitative estimate of drug-likeness (QED) is 0.857. The molecule has 0 aliphatic rings. The van der Waals surface area contributed by atoms with Gasteiger partial charge in [0.25, 0.3) is 0 Å². The van der Waals surface area contributed by atoms with Crippen molar-refractivity contribution in [3.8, 4) is 5.75 Å². The van der Waals surface area contributed by atoms with E-state index in [1.54, 1.807) is 11.3 Å². The number of thiazole rings is 1. The van der Waals surface area contributed by atoms with Gasteiger partial charge in [-0.2, -0.15) is 0 Å². The Morgan fingerprint density at radius 3 is 2.62 bits per heavy atom. The van der Waals surface area contributed by atoms with Crippen LogP contribution in [0.5, 0.6) is 5.75 Å². The van der Waals surface area contributed by atoms with Crippen LogP contribution in [0.2, 0.25) is 0 Å². The molecule has 21 heavy (non-hydrogen) atoms. The number of rotatable bonds is 6. The SMILES string of the molecule is CNC(C)c1ccc(OCc2csc(C(C)C)n2)c(C)c1. The second kappa shape index (κ2) is 7.05. The molecule has 0 saturated heterocycles. The molecule has 0 radical (unpaired) electrons. The Hall–Kier alpha value is -1.39. The highest BCUT2D eigenvalue weighted by atomic mass is 32.1. The number of hydrogen-bond donors (Lipinski definition) is 1. The van der Waals surface area contributed by atoms with E-state index in [2.05, 4.69) is 55.5 Å². The Morgan fingerprint density at radius 1 is 1.29 bits per heavy atom. The molecule has 0 bridgehead atoms. The highest BCUT2D eigenvalue weighted by Gasteiger charge is 2.09. The number of hydrogen-bond acceptors (Lipinski definition) is 4. The fraction of sp³-hybridized carbons (Fsp3) is 0.471. The maximum Gasteiger partial charge on any atom is 0.131 e. The van der Waals surface area contributed by atoms with E-state index < -0.39 is 0 Å². The summed E-state index contributed by atoms with van der Waals surface area (Å²) in [5, 5.41) is 6.50. The molecular weight excluding hydrogens is 280 g/mol. The van der Waals surface area contributed by atoms with Gasteiger partial charge in [0.1, 0.15) is 12.4 Å². The van der Waals surface area contributed by atoms with Gasteiger partial charge in [-0.15, -0.1) is 11.3 Å². The molecule has 0 fully saturated rings. The van der Waals surface area contributed by atoms with Crippen molar-refractivity contribution < 1.29 is 4.74 Å². The first-order chi connectivity index (χ1) is 10.0. The minimum Gasteiger partial charge on any atom is -0.487 e. The van der Waals surface area contributed by atoms with Gasteiger partial charge in [0.05, 0.1) is 10.7 Å². The maximum absolute atomic E-state index is 5.91. The van der Waals surface area contributed by atoms with Crippen LogP contribution in [0.3, 0.4) is 0 Å². The van der Waals surface area contributed by atoms with Gasteiger partial charge >= 0.3 is 0 Å². The number of benzene rings is 1. The molecule has 1 N–H and O–H groups in total. The lowest BCUT2D eigenvalue weighted by atomic mass is 10.1. The highest BCUT2D eigenvalue weighted by Crippen LogP contribution is 2.24. The van der Waals surface area contributed by atoms with Gasteiger partial charge in [-0.05, 0) is 38.1 Å². The van der Waals surface area contributed by atoms with Crippen LogP contribution in [0, 0.1) is 6.92 Å². The third-order valence-electron chi connectivity index (χ3n) is 3.57. The van der Waals surface area contributed by atoms with Crippen LogP contribution in [0.4, 0.5) is 0 Å². The van der Waals surface area contributed by atoms with Gasteiger partial charge in [-0.25, -0.2) is 4.98 Å². The molecule has 1 unspecified atom stereocenters. The second-order valence-corrected chi connectivity index (χ2v) is 6.55. The van der Waals surface area contributed by atoms with Crippen LogP contribution < -0.4 is 10.1 Å². The number of aryl methyl sites for hydroxylation is 1. The van der Waals surface area contributed by atoms with E-state index in [9.17, 15) is 0 Å². The molecule has 0 saturated carbocycles. The highest BCUT2D eigenvalue weighted by molar-refractivity contribution is 7.09. The van der Waals surface area contributed by atoms with E-state index >= 15 is 0 Å². The van der Waals surface area contributed by atoms with Crippen molar-refractivity contribution in [3.63, 3.8) is 0 Å². The Kier molecular flexibility index (Phi) is 5.37. The molecule has 1 aromatic carbocycles. The third kappa shape index (κ3) is 4.05. The number of nitrogens with zero attached hydrogens (tertiary/aromatic N) is 1. The van der Waals surface area contributed by atoms with E-state index in [0.717, 1.165) is 17.0 Å². The Balaban J connectivity index is 2.02. The molecule has 4 heteroatoms. The molecule has 2 rings (SSSR count). The topological polar surface area (TPSA) is 34.1 Å². The van der Waals surface area contributed by atoms with Crippen LogP contribution in [0.1, 0.15) is 54.6 Å². The zero-order chi connectivity index (χ0) is 15.4. The predicted octanol–water partition coefficient (Wildman–Crippen LogP) is 4.43. The lowest BCUT2D eigenvalue weighted by molar-refractivity contribution is 0.299. The van der Waals surface area contributed by atoms with E-state index in [1.165, 1.54) is 10.6 Å². The van der Waals surface area contributed by atoms with Crippen LogP contribution in [-0.4, -0.2) is 12.0 Å². The van der Waals surface area contributed by atoms with Crippen molar-refractivity contribution >= 4 is 11.3 Å². The molecule has 1 aromatic heterocycles. The van der Waals surface area contributed by atoms with E-state index in [-0.39, 0.29) is 0 Å². The summed E-state index contributed by atoms with van der Waals surface area (Å²) in [5.41, 5.74) is 3.45. The summed E-state index contributed by atoms with van der Waals surface area (Å²) < 4.78 is 5.91. The van der Waals surface area contributed by atoms with Gasteiger partial charge < -0.3 is 10.1 Å². The maximum atomic E-state index is 5.91. The molecule has 1 heterocycles. The summed E-state index contributed by atoms with van der Waals surface area (Å²) in [6.45, 7) is 9.09. The minimum atomic E-state index is 0.352. The average Bonchev–Trinajstić information content (AvgIpc) is 2.94. The molecule has 0 spiro atoms.